The van der Waals surface area contributed by atoms with E-state index < -0.39 is 0 Å². The summed E-state index contributed by atoms with van der Waals surface area (Å²) in [5, 5.41) is 0. The molecule has 0 saturated carbocycles. The highest BCUT2D eigenvalue weighted by Crippen LogP contribution is 2.25. The Morgan fingerprint density at radius 3 is 2.65 bits per heavy atom. The molecule has 1 aromatic heterocycles. The number of methoxy groups -OCH3 is 1. The van der Waals surface area contributed by atoms with Crippen molar-refractivity contribution in [2.75, 3.05) is 33.4 Å². The maximum atomic E-state index is 12.3. The summed E-state index contributed by atoms with van der Waals surface area (Å²) in [5.41, 5.74) is 0.796. The van der Waals surface area contributed by atoms with Crippen LogP contribution in [0.2, 0.25) is 0 Å². The summed E-state index contributed by atoms with van der Waals surface area (Å²) in [7, 11) is 1.52. The minimum atomic E-state index is -0.0953. The number of aromatic nitrogens is 2. The largest absolute Gasteiger partial charge is 0.375 e. The summed E-state index contributed by atoms with van der Waals surface area (Å²) in [6, 6.07) is -0.0953. The smallest absolute Gasteiger partial charge is 0.249 e. The van der Waals surface area contributed by atoms with Gasteiger partial charge < -0.3 is 19.1 Å². The van der Waals surface area contributed by atoms with E-state index in [0.29, 0.717) is 19.5 Å². The molecule has 0 aromatic carbocycles. The number of hydrogen-bond donors (Lipinski definition) is 0. The normalized spacial score (nSPS) is 20.7. The number of ether oxygens (including phenoxy) is 1. The average Bonchev–Trinajstić information content (AvgIpc) is 3.16. The predicted molar refractivity (Wildman–Crippen MR) is 83.7 cm³/mol. The second-order valence-electron chi connectivity index (χ2n) is 6.24. The number of carbonyl (C=O) groups excluding carboxylic acids is 2. The van der Waals surface area contributed by atoms with Crippen LogP contribution >= 0.6 is 0 Å². The lowest BCUT2D eigenvalue weighted by Crippen LogP contribution is -2.42. The molecular formula is C16H24N4O3. The zero-order valence-electron chi connectivity index (χ0n) is 13.8. The molecule has 23 heavy (non-hydrogen) atoms. The van der Waals surface area contributed by atoms with E-state index in [2.05, 4.69) is 9.55 Å². The molecule has 7 heteroatoms. The molecule has 2 aliphatic heterocycles. The molecule has 0 bridgehead atoms. The van der Waals surface area contributed by atoms with E-state index in [9.17, 15) is 9.59 Å². The summed E-state index contributed by atoms with van der Waals surface area (Å²) < 4.78 is 7.00. The first kappa shape index (κ1) is 16.0. The standard InChI is InChI=1S/C16H24N4O3/c1-12-16-17-13(9-14(21)18-5-3-4-6-18)10-19(16)7-8-20(12)15(22)11-23-2/h10,12H,3-9,11H2,1-2H3. The van der Waals surface area contributed by atoms with Crippen LogP contribution < -0.4 is 0 Å². The van der Waals surface area contributed by atoms with Gasteiger partial charge in [0, 0.05) is 39.5 Å². The molecule has 0 aliphatic carbocycles. The number of rotatable bonds is 4. The number of carbonyl (C=O) groups is 2. The summed E-state index contributed by atoms with van der Waals surface area (Å²) in [6.07, 6.45) is 4.49. The van der Waals surface area contributed by atoms with Gasteiger partial charge in [-0.05, 0) is 19.8 Å². The van der Waals surface area contributed by atoms with Crippen LogP contribution in [-0.2, 0) is 27.3 Å². The zero-order chi connectivity index (χ0) is 16.4. The number of fused-ring (bicyclic) bond motifs is 1. The fourth-order valence-corrected chi connectivity index (χ4v) is 3.41. The lowest BCUT2D eigenvalue weighted by atomic mass is 10.2. The van der Waals surface area contributed by atoms with E-state index in [4.69, 9.17) is 4.74 Å². The third-order valence-electron chi connectivity index (χ3n) is 4.66. The van der Waals surface area contributed by atoms with Crippen LogP contribution in [0.25, 0.3) is 0 Å². The molecule has 1 unspecified atom stereocenters. The summed E-state index contributed by atoms with van der Waals surface area (Å²) >= 11 is 0. The SMILES string of the molecule is COCC(=O)N1CCn2cc(CC(=O)N3CCCC3)nc2C1C. The number of imidazole rings is 1. The molecule has 7 nitrogen and oxygen atoms in total. The van der Waals surface area contributed by atoms with Gasteiger partial charge in [-0.25, -0.2) is 4.98 Å². The molecule has 1 fully saturated rings. The van der Waals surface area contributed by atoms with Gasteiger partial charge in [-0.1, -0.05) is 0 Å². The van der Waals surface area contributed by atoms with Crippen molar-refractivity contribution in [1.82, 2.24) is 19.4 Å². The highest BCUT2D eigenvalue weighted by molar-refractivity contribution is 5.79. The van der Waals surface area contributed by atoms with Gasteiger partial charge in [-0.15, -0.1) is 0 Å². The summed E-state index contributed by atoms with van der Waals surface area (Å²) in [6.45, 7) is 5.14. The first-order valence-corrected chi connectivity index (χ1v) is 8.22. The van der Waals surface area contributed by atoms with Crippen molar-refractivity contribution in [3.8, 4) is 0 Å². The van der Waals surface area contributed by atoms with Crippen molar-refractivity contribution in [1.29, 1.82) is 0 Å². The van der Waals surface area contributed by atoms with E-state index in [-0.39, 0.29) is 24.5 Å². The lowest BCUT2D eigenvalue weighted by Gasteiger charge is -2.33. The van der Waals surface area contributed by atoms with Crippen LogP contribution in [0.4, 0.5) is 0 Å². The number of likely N-dealkylation sites (tertiary alicyclic amines) is 1. The monoisotopic (exact) mass is 320 g/mol. The maximum absolute atomic E-state index is 12.3. The van der Waals surface area contributed by atoms with E-state index in [1.165, 1.54) is 7.11 Å². The fourth-order valence-electron chi connectivity index (χ4n) is 3.41. The molecule has 126 valence electrons. The lowest BCUT2D eigenvalue weighted by molar-refractivity contribution is -0.138. The second kappa shape index (κ2) is 6.70. The minimum Gasteiger partial charge on any atom is -0.375 e. The molecule has 0 N–H and O–H groups in total. The van der Waals surface area contributed by atoms with Gasteiger partial charge in [0.2, 0.25) is 11.8 Å². The zero-order valence-corrected chi connectivity index (χ0v) is 13.8. The minimum absolute atomic E-state index is 0.0241. The second-order valence-corrected chi connectivity index (χ2v) is 6.24. The van der Waals surface area contributed by atoms with Crippen LogP contribution in [0.3, 0.4) is 0 Å². The Morgan fingerprint density at radius 1 is 1.22 bits per heavy atom. The molecule has 0 radical (unpaired) electrons. The molecule has 3 rings (SSSR count). The van der Waals surface area contributed by atoms with Crippen LogP contribution in [0.15, 0.2) is 6.20 Å². The molecule has 1 aromatic rings. The quantitative estimate of drug-likeness (QED) is 0.815. The Kier molecular flexibility index (Phi) is 4.66. The van der Waals surface area contributed by atoms with Crippen LogP contribution in [0.5, 0.6) is 0 Å². The van der Waals surface area contributed by atoms with Crippen molar-refractivity contribution in [2.45, 2.75) is 38.8 Å². The van der Waals surface area contributed by atoms with Gasteiger partial charge in [-0.3, -0.25) is 9.59 Å². The van der Waals surface area contributed by atoms with E-state index in [1.54, 1.807) is 4.90 Å². The Morgan fingerprint density at radius 2 is 1.96 bits per heavy atom. The fraction of sp³-hybridized carbons (Fsp3) is 0.688. The van der Waals surface area contributed by atoms with Gasteiger partial charge >= 0.3 is 0 Å². The topological polar surface area (TPSA) is 67.7 Å². The maximum Gasteiger partial charge on any atom is 0.249 e. The Balaban J connectivity index is 1.70. The predicted octanol–water partition coefficient (Wildman–Crippen LogP) is 0.598. The summed E-state index contributed by atoms with van der Waals surface area (Å²) in [4.78, 5) is 32.7. The van der Waals surface area contributed by atoms with Crippen molar-refractivity contribution < 1.29 is 14.3 Å². The van der Waals surface area contributed by atoms with Gasteiger partial charge in [0.25, 0.3) is 0 Å². The molecular weight excluding hydrogens is 296 g/mol. The summed E-state index contributed by atoms with van der Waals surface area (Å²) in [5.74, 6) is 0.979. The van der Waals surface area contributed by atoms with Crippen molar-refractivity contribution in [3.05, 3.63) is 17.7 Å². The first-order chi connectivity index (χ1) is 11.1. The Hall–Kier alpha value is -1.89. The van der Waals surface area contributed by atoms with E-state index in [1.807, 2.05) is 18.0 Å². The molecule has 0 spiro atoms. The van der Waals surface area contributed by atoms with E-state index in [0.717, 1.165) is 37.4 Å². The van der Waals surface area contributed by atoms with E-state index >= 15 is 0 Å². The van der Waals surface area contributed by atoms with Crippen LogP contribution in [-0.4, -0.2) is 64.5 Å². The van der Waals surface area contributed by atoms with Gasteiger partial charge in [-0.2, -0.15) is 0 Å². The van der Waals surface area contributed by atoms with Crippen LogP contribution in [0, 0.1) is 0 Å². The van der Waals surface area contributed by atoms with Crippen molar-refractivity contribution >= 4 is 11.8 Å². The third-order valence-corrected chi connectivity index (χ3v) is 4.66. The van der Waals surface area contributed by atoms with Gasteiger partial charge in [0.05, 0.1) is 18.2 Å². The van der Waals surface area contributed by atoms with Crippen molar-refractivity contribution in [3.63, 3.8) is 0 Å². The number of hydrogen-bond acceptors (Lipinski definition) is 4. The number of amides is 2. The molecule has 1 saturated heterocycles. The van der Waals surface area contributed by atoms with Gasteiger partial charge in [0.1, 0.15) is 12.4 Å². The Bertz CT molecular complexity index is 592. The molecule has 1 atom stereocenters. The molecule has 2 amide bonds. The molecule has 3 heterocycles. The number of nitrogens with zero attached hydrogens (tertiary/aromatic N) is 4. The Labute approximate surface area is 136 Å². The highest BCUT2D eigenvalue weighted by Gasteiger charge is 2.30. The third kappa shape index (κ3) is 3.24. The van der Waals surface area contributed by atoms with Crippen molar-refractivity contribution in [2.24, 2.45) is 0 Å². The van der Waals surface area contributed by atoms with Gasteiger partial charge in [0.15, 0.2) is 0 Å². The average molecular weight is 320 g/mol. The van der Waals surface area contributed by atoms with Crippen LogP contribution in [0.1, 0.15) is 37.3 Å². The first-order valence-electron chi connectivity index (χ1n) is 8.22. The molecule has 2 aliphatic rings. The highest BCUT2D eigenvalue weighted by atomic mass is 16.5.